The number of likely N-dealkylation sites (tertiary alicyclic amines) is 1. The molecule has 21 heavy (non-hydrogen) atoms. The van der Waals surface area contributed by atoms with Gasteiger partial charge in [0.2, 0.25) is 0 Å². The number of hydrogen-bond acceptors (Lipinski definition) is 4. The third-order valence-electron chi connectivity index (χ3n) is 4.70. The lowest BCUT2D eigenvalue weighted by molar-refractivity contribution is 0.0913. The highest BCUT2D eigenvalue weighted by atomic mass is 16.3. The molecule has 2 aliphatic heterocycles. The number of likely N-dealkylation sites (N-methyl/N-ethyl adjacent to an activating group) is 1. The van der Waals surface area contributed by atoms with Crippen LogP contribution in [0.4, 0.5) is 0 Å². The van der Waals surface area contributed by atoms with E-state index in [0.29, 0.717) is 6.04 Å². The van der Waals surface area contributed by atoms with Crippen molar-refractivity contribution in [2.45, 2.75) is 38.8 Å². The van der Waals surface area contributed by atoms with Crippen LogP contribution in [0.2, 0.25) is 0 Å². The molecule has 5 nitrogen and oxygen atoms in total. The van der Waals surface area contributed by atoms with Crippen LogP contribution < -0.4 is 5.32 Å². The van der Waals surface area contributed by atoms with Crippen molar-refractivity contribution < 1.29 is 9.21 Å². The minimum Gasteiger partial charge on any atom is -0.465 e. The van der Waals surface area contributed by atoms with Crippen molar-refractivity contribution in [3.8, 4) is 0 Å². The maximum atomic E-state index is 12.7. The van der Waals surface area contributed by atoms with E-state index in [1.807, 2.05) is 6.92 Å². The quantitative estimate of drug-likeness (QED) is 0.895. The van der Waals surface area contributed by atoms with Crippen LogP contribution in [0.25, 0.3) is 0 Å². The molecule has 0 radical (unpaired) electrons. The lowest BCUT2D eigenvalue weighted by atomic mass is 10.0. The fraction of sp³-hybridized carbons (Fsp3) is 0.688. The van der Waals surface area contributed by atoms with E-state index in [4.69, 9.17) is 4.42 Å². The molecule has 2 aliphatic rings. The summed E-state index contributed by atoms with van der Waals surface area (Å²) in [5, 5.41) is 3.20. The van der Waals surface area contributed by atoms with E-state index >= 15 is 0 Å². The molecule has 0 spiro atoms. The van der Waals surface area contributed by atoms with Crippen LogP contribution in [-0.2, 0) is 13.0 Å². The number of nitrogens with one attached hydrogen (secondary N) is 1. The average Bonchev–Trinajstić information content (AvgIpc) is 2.76. The minimum atomic E-state index is 0.0438. The highest BCUT2D eigenvalue weighted by Crippen LogP contribution is 2.27. The zero-order valence-electron chi connectivity index (χ0n) is 13.2. The monoisotopic (exact) mass is 291 g/mol. The van der Waals surface area contributed by atoms with Gasteiger partial charge in [0.15, 0.2) is 0 Å². The molecule has 3 rings (SSSR count). The van der Waals surface area contributed by atoms with E-state index < -0.39 is 0 Å². The number of fused-ring (bicyclic) bond motifs is 1. The predicted molar refractivity (Wildman–Crippen MR) is 81.5 cm³/mol. The number of rotatable bonds is 2. The van der Waals surface area contributed by atoms with Crippen LogP contribution in [0.15, 0.2) is 4.42 Å². The van der Waals surface area contributed by atoms with Crippen LogP contribution in [0.3, 0.4) is 0 Å². The second-order valence-electron chi connectivity index (χ2n) is 6.47. The zero-order chi connectivity index (χ0) is 15.0. The van der Waals surface area contributed by atoms with E-state index in [1.54, 1.807) is 0 Å². The summed E-state index contributed by atoms with van der Waals surface area (Å²) < 4.78 is 5.82. The van der Waals surface area contributed by atoms with Gasteiger partial charge < -0.3 is 19.5 Å². The van der Waals surface area contributed by atoms with Gasteiger partial charge in [0.05, 0.1) is 5.56 Å². The van der Waals surface area contributed by atoms with Gasteiger partial charge in [-0.2, -0.15) is 0 Å². The molecule has 5 heteroatoms. The molecule has 1 amide bonds. The summed E-state index contributed by atoms with van der Waals surface area (Å²) in [6, 6.07) is 0.292. The Morgan fingerprint density at radius 1 is 1.19 bits per heavy atom. The van der Waals surface area contributed by atoms with Gasteiger partial charge in [0.25, 0.3) is 5.91 Å². The Hall–Kier alpha value is -1.33. The van der Waals surface area contributed by atoms with Gasteiger partial charge in [-0.25, -0.2) is 0 Å². The van der Waals surface area contributed by atoms with Crippen LogP contribution in [0.1, 0.15) is 40.3 Å². The standard InChI is InChI=1S/C16H25N3O2/c1-11-15(13-10-19(3)9-6-14(13)21-11)16(20)17-12-4-7-18(2)8-5-12/h12H,4-10H2,1-3H3,(H,17,20). The molecule has 0 saturated carbocycles. The second-order valence-corrected chi connectivity index (χ2v) is 6.47. The predicted octanol–water partition coefficient (Wildman–Crippen LogP) is 1.40. The van der Waals surface area contributed by atoms with E-state index in [1.165, 1.54) is 0 Å². The second kappa shape index (κ2) is 5.81. The Kier molecular flexibility index (Phi) is 4.04. The number of aryl methyl sites for hydroxylation is 1. The van der Waals surface area contributed by atoms with Gasteiger partial charge in [-0.3, -0.25) is 4.79 Å². The van der Waals surface area contributed by atoms with Crippen molar-refractivity contribution in [3.05, 3.63) is 22.6 Å². The van der Waals surface area contributed by atoms with Gasteiger partial charge in [0.1, 0.15) is 11.5 Å². The molecule has 3 heterocycles. The molecule has 0 atom stereocenters. The lowest BCUT2D eigenvalue weighted by Crippen LogP contribution is -2.43. The summed E-state index contributed by atoms with van der Waals surface area (Å²) in [7, 11) is 4.22. The number of carbonyl (C=O) groups is 1. The van der Waals surface area contributed by atoms with Gasteiger partial charge in [-0.05, 0) is 47.0 Å². The van der Waals surface area contributed by atoms with Crippen molar-refractivity contribution >= 4 is 5.91 Å². The van der Waals surface area contributed by atoms with Crippen LogP contribution in [0.5, 0.6) is 0 Å². The molecule has 1 N–H and O–H groups in total. The first-order chi connectivity index (χ1) is 10.0. The Morgan fingerprint density at radius 3 is 2.62 bits per heavy atom. The van der Waals surface area contributed by atoms with Crippen LogP contribution >= 0.6 is 0 Å². The molecular formula is C16H25N3O2. The molecule has 0 unspecified atom stereocenters. The van der Waals surface area contributed by atoms with E-state index in [0.717, 1.165) is 68.1 Å². The first kappa shape index (κ1) is 14.6. The number of furan rings is 1. The minimum absolute atomic E-state index is 0.0438. The Balaban J connectivity index is 1.74. The normalized spacial score (nSPS) is 21.3. The van der Waals surface area contributed by atoms with Gasteiger partial charge >= 0.3 is 0 Å². The highest BCUT2D eigenvalue weighted by molar-refractivity contribution is 5.97. The Morgan fingerprint density at radius 2 is 1.90 bits per heavy atom. The summed E-state index contributed by atoms with van der Waals surface area (Å²) in [5.74, 6) is 1.81. The zero-order valence-corrected chi connectivity index (χ0v) is 13.2. The van der Waals surface area contributed by atoms with Gasteiger partial charge in [-0.1, -0.05) is 0 Å². The molecule has 116 valence electrons. The van der Waals surface area contributed by atoms with Crippen LogP contribution in [-0.4, -0.2) is 55.5 Å². The SMILES string of the molecule is Cc1oc2c(c1C(=O)NC1CCN(C)CC1)CN(C)CC2. The van der Waals surface area contributed by atoms with E-state index in [9.17, 15) is 4.79 Å². The molecule has 1 saturated heterocycles. The summed E-state index contributed by atoms with van der Waals surface area (Å²) in [6.45, 7) is 5.81. The largest absolute Gasteiger partial charge is 0.465 e. The number of nitrogens with zero attached hydrogens (tertiary/aromatic N) is 2. The number of hydrogen-bond donors (Lipinski definition) is 1. The number of carbonyl (C=O) groups excluding carboxylic acids is 1. The smallest absolute Gasteiger partial charge is 0.255 e. The molecule has 0 aromatic carbocycles. The maximum absolute atomic E-state index is 12.7. The van der Waals surface area contributed by atoms with Crippen LogP contribution in [0, 0.1) is 6.92 Å². The summed E-state index contributed by atoms with van der Waals surface area (Å²) >= 11 is 0. The molecule has 1 aromatic heterocycles. The third kappa shape index (κ3) is 2.99. The first-order valence-corrected chi connectivity index (χ1v) is 7.83. The Bertz CT molecular complexity index is 530. The van der Waals surface area contributed by atoms with E-state index in [-0.39, 0.29) is 5.91 Å². The van der Waals surface area contributed by atoms with Crippen molar-refractivity contribution in [2.75, 3.05) is 33.7 Å². The molecular weight excluding hydrogens is 266 g/mol. The molecule has 0 aliphatic carbocycles. The topological polar surface area (TPSA) is 48.7 Å². The fourth-order valence-electron chi connectivity index (χ4n) is 3.37. The van der Waals surface area contributed by atoms with Crippen molar-refractivity contribution in [1.29, 1.82) is 0 Å². The van der Waals surface area contributed by atoms with Crippen molar-refractivity contribution in [1.82, 2.24) is 15.1 Å². The number of amides is 1. The number of piperidine rings is 1. The van der Waals surface area contributed by atoms with Gasteiger partial charge in [-0.15, -0.1) is 0 Å². The molecule has 1 aromatic rings. The summed E-state index contributed by atoms with van der Waals surface area (Å²) in [6.07, 6.45) is 2.96. The summed E-state index contributed by atoms with van der Waals surface area (Å²) in [4.78, 5) is 17.2. The van der Waals surface area contributed by atoms with E-state index in [2.05, 4.69) is 29.2 Å². The third-order valence-corrected chi connectivity index (χ3v) is 4.70. The fourth-order valence-corrected chi connectivity index (χ4v) is 3.37. The Labute approximate surface area is 126 Å². The van der Waals surface area contributed by atoms with Crippen molar-refractivity contribution in [3.63, 3.8) is 0 Å². The molecule has 0 bridgehead atoms. The summed E-state index contributed by atoms with van der Waals surface area (Å²) in [5.41, 5.74) is 1.86. The van der Waals surface area contributed by atoms with Gasteiger partial charge in [0, 0.05) is 31.1 Å². The maximum Gasteiger partial charge on any atom is 0.255 e. The lowest BCUT2D eigenvalue weighted by Gasteiger charge is -2.29. The highest BCUT2D eigenvalue weighted by Gasteiger charge is 2.28. The van der Waals surface area contributed by atoms with Crippen molar-refractivity contribution in [2.24, 2.45) is 0 Å². The first-order valence-electron chi connectivity index (χ1n) is 7.83. The average molecular weight is 291 g/mol. The molecule has 1 fully saturated rings.